The minimum Gasteiger partial charge on any atom is -0.493 e. The van der Waals surface area contributed by atoms with Gasteiger partial charge in [-0.15, -0.1) is 0 Å². The number of nitrogens with one attached hydrogen (secondary N) is 1. The van der Waals surface area contributed by atoms with Gasteiger partial charge in [0.15, 0.2) is 17.5 Å². The van der Waals surface area contributed by atoms with E-state index >= 15 is 0 Å². The molecule has 9 nitrogen and oxygen atoms in total. The van der Waals surface area contributed by atoms with Gasteiger partial charge in [-0.3, -0.25) is 14.5 Å². The Hall–Kier alpha value is -3.23. The lowest BCUT2D eigenvalue weighted by Crippen LogP contribution is -2.55. The Kier molecular flexibility index (Phi) is 6.82. The highest BCUT2D eigenvalue weighted by atomic mass is 16.5. The first-order valence-electron chi connectivity index (χ1n) is 11.2. The molecule has 1 aliphatic carbocycles. The summed E-state index contributed by atoms with van der Waals surface area (Å²) in [5, 5.41) is 7.57. The van der Waals surface area contributed by atoms with Crippen LogP contribution in [-0.4, -0.2) is 66.4 Å². The van der Waals surface area contributed by atoms with Crippen molar-refractivity contribution in [3.8, 4) is 11.5 Å². The predicted molar refractivity (Wildman–Crippen MR) is 123 cm³/mol. The number of methoxy groups -OCH3 is 1. The Morgan fingerprint density at radius 1 is 1.28 bits per heavy atom. The number of amides is 1. The molecule has 0 atom stereocenters. The molecule has 0 spiro atoms. The second-order valence-electron chi connectivity index (χ2n) is 8.21. The van der Waals surface area contributed by atoms with Gasteiger partial charge in [0.25, 0.3) is 0 Å². The number of nitrogens with zero attached hydrogens (tertiary/aromatic N) is 5. The van der Waals surface area contributed by atoms with Gasteiger partial charge in [0.2, 0.25) is 5.91 Å². The van der Waals surface area contributed by atoms with Gasteiger partial charge in [0.05, 0.1) is 25.1 Å². The van der Waals surface area contributed by atoms with Gasteiger partial charge in [0, 0.05) is 45.5 Å². The standard InChI is InChI=1S/C23H32N6O3/c1-24-23(28-11-12-29(21(30)16-28)18-14-26-27(2)15-18)25-13-17-7-6-10-20(31-3)22(17)32-19-8-4-5-9-19/h6-7,10,14-15,19H,4-5,8-9,11-13,16H2,1-3H3,(H,24,25). The normalized spacial score (nSPS) is 17.7. The van der Waals surface area contributed by atoms with Gasteiger partial charge < -0.3 is 24.6 Å². The van der Waals surface area contributed by atoms with Gasteiger partial charge in [-0.05, 0) is 31.7 Å². The Balaban J connectivity index is 1.41. The molecule has 4 rings (SSSR count). The summed E-state index contributed by atoms with van der Waals surface area (Å²) in [7, 11) is 5.25. The molecule has 2 aliphatic rings. The maximum absolute atomic E-state index is 12.8. The van der Waals surface area contributed by atoms with E-state index in [4.69, 9.17) is 9.47 Å². The number of aryl methyl sites for hydroxylation is 1. The first kappa shape index (κ1) is 22.0. The van der Waals surface area contributed by atoms with Crippen LogP contribution in [0.4, 0.5) is 5.69 Å². The van der Waals surface area contributed by atoms with Gasteiger partial charge in [-0.25, -0.2) is 0 Å². The lowest BCUT2D eigenvalue weighted by atomic mass is 10.1. The van der Waals surface area contributed by atoms with Crippen LogP contribution in [0.2, 0.25) is 0 Å². The second kappa shape index (κ2) is 9.93. The molecule has 1 amide bonds. The number of carbonyl (C=O) groups is 1. The average molecular weight is 441 g/mol. The minimum atomic E-state index is 0.0267. The summed E-state index contributed by atoms with van der Waals surface area (Å²) in [5.41, 5.74) is 1.84. The van der Waals surface area contributed by atoms with Crippen molar-refractivity contribution in [3.63, 3.8) is 0 Å². The number of anilines is 1. The van der Waals surface area contributed by atoms with E-state index in [0.29, 0.717) is 25.6 Å². The van der Waals surface area contributed by atoms with Gasteiger partial charge in [0.1, 0.15) is 6.54 Å². The summed E-state index contributed by atoms with van der Waals surface area (Å²) < 4.78 is 13.6. The molecule has 0 unspecified atom stereocenters. The van der Waals surface area contributed by atoms with Crippen LogP contribution in [0.5, 0.6) is 11.5 Å². The number of hydrogen-bond acceptors (Lipinski definition) is 5. The molecule has 1 aliphatic heterocycles. The highest BCUT2D eigenvalue weighted by Gasteiger charge is 2.28. The van der Waals surface area contributed by atoms with E-state index in [1.165, 1.54) is 12.8 Å². The molecule has 1 aromatic heterocycles. The molecule has 1 saturated heterocycles. The van der Waals surface area contributed by atoms with Crippen LogP contribution in [0.25, 0.3) is 0 Å². The van der Waals surface area contributed by atoms with Gasteiger partial charge in [-0.1, -0.05) is 12.1 Å². The number of piperazine rings is 1. The Morgan fingerprint density at radius 3 is 2.75 bits per heavy atom. The fourth-order valence-corrected chi connectivity index (χ4v) is 4.35. The molecule has 0 bridgehead atoms. The molecular weight excluding hydrogens is 408 g/mol. The van der Waals surface area contributed by atoms with Crippen molar-refractivity contribution in [3.05, 3.63) is 36.2 Å². The van der Waals surface area contributed by atoms with Crippen LogP contribution in [0, 0.1) is 0 Å². The molecule has 172 valence electrons. The number of ether oxygens (including phenoxy) is 2. The van der Waals surface area contributed by atoms with Gasteiger partial charge in [-0.2, -0.15) is 5.10 Å². The highest BCUT2D eigenvalue weighted by molar-refractivity contribution is 5.98. The molecule has 9 heteroatoms. The Labute approximate surface area is 189 Å². The number of rotatable bonds is 6. The molecule has 2 heterocycles. The highest BCUT2D eigenvalue weighted by Crippen LogP contribution is 2.34. The topological polar surface area (TPSA) is 84.2 Å². The average Bonchev–Trinajstić information content (AvgIpc) is 3.47. The predicted octanol–water partition coefficient (Wildman–Crippen LogP) is 2.17. The zero-order chi connectivity index (χ0) is 22.5. The molecule has 1 N–H and O–H groups in total. The maximum Gasteiger partial charge on any atom is 0.246 e. The maximum atomic E-state index is 12.8. The van der Waals surface area contributed by atoms with E-state index < -0.39 is 0 Å². The SMILES string of the molecule is CN=C(NCc1cccc(OC)c1OC1CCCC1)N1CCN(c2cnn(C)c2)C(=O)C1. The van der Waals surface area contributed by atoms with E-state index in [1.807, 2.05) is 36.3 Å². The number of guanidine groups is 1. The molecule has 32 heavy (non-hydrogen) atoms. The quantitative estimate of drug-likeness (QED) is 0.548. The number of carbonyl (C=O) groups excluding carboxylic acids is 1. The monoisotopic (exact) mass is 440 g/mol. The van der Waals surface area contributed by atoms with Crippen LogP contribution in [-0.2, 0) is 18.4 Å². The molecular formula is C23H32N6O3. The van der Waals surface area contributed by atoms with Crippen LogP contribution in [0.3, 0.4) is 0 Å². The molecule has 2 aromatic rings. The second-order valence-corrected chi connectivity index (χ2v) is 8.21. The number of hydrogen-bond donors (Lipinski definition) is 1. The molecule has 2 fully saturated rings. The smallest absolute Gasteiger partial charge is 0.246 e. The lowest BCUT2D eigenvalue weighted by molar-refractivity contribution is -0.120. The van der Waals surface area contributed by atoms with E-state index in [0.717, 1.165) is 35.6 Å². The Morgan fingerprint density at radius 2 is 2.09 bits per heavy atom. The number of para-hydroxylation sites is 1. The fourth-order valence-electron chi connectivity index (χ4n) is 4.35. The lowest BCUT2D eigenvalue weighted by Gasteiger charge is -2.35. The van der Waals surface area contributed by atoms with Crippen LogP contribution < -0.4 is 19.7 Å². The van der Waals surface area contributed by atoms with Crippen molar-refractivity contribution < 1.29 is 14.3 Å². The van der Waals surface area contributed by atoms with Crippen molar-refractivity contribution in [1.82, 2.24) is 20.0 Å². The zero-order valence-corrected chi connectivity index (χ0v) is 19.1. The first-order chi connectivity index (χ1) is 15.6. The summed E-state index contributed by atoms with van der Waals surface area (Å²) in [6, 6.07) is 5.94. The molecule has 0 radical (unpaired) electrons. The third-order valence-electron chi connectivity index (χ3n) is 6.04. The third kappa shape index (κ3) is 4.81. The fraction of sp³-hybridized carbons (Fsp3) is 0.522. The van der Waals surface area contributed by atoms with E-state index in [9.17, 15) is 4.79 Å². The van der Waals surface area contributed by atoms with E-state index in [-0.39, 0.29) is 18.6 Å². The summed E-state index contributed by atoms with van der Waals surface area (Å²) in [6.45, 7) is 2.06. The van der Waals surface area contributed by atoms with Crippen LogP contribution in [0.15, 0.2) is 35.6 Å². The largest absolute Gasteiger partial charge is 0.493 e. The zero-order valence-electron chi connectivity index (χ0n) is 19.1. The molecule has 1 saturated carbocycles. The van der Waals surface area contributed by atoms with Crippen LogP contribution in [0.1, 0.15) is 31.2 Å². The van der Waals surface area contributed by atoms with Crippen molar-refractivity contribution in [2.75, 3.05) is 38.7 Å². The minimum absolute atomic E-state index is 0.0267. The van der Waals surface area contributed by atoms with E-state index in [2.05, 4.69) is 15.4 Å². The molecule has 1 aromatic carbocycles. The summed E-state index contributed by atoms with van der Waals surface area (Å²) in [6.07, 6.45) is 8.39. The number of aliphatic imine (C=N–C) groups is 1. The van der Waals surface area contributed by atoms with Crippen molar-refractivity contribution in [2.24, 2.45) is 12.0 Å². The summed E-state index contributed by atoms with van der Waals surface area (Å²) in [5.74, 6) is 2.26. The van der Waals surface area contributed by atoms with Crippen LogP contribution >= 0.6 is 0 Å². The summed E-state index contributed by atoms with van der Waals surface area (Å²) in [4.78, 5) is 20.9. The third-order valence-corrected chi connectivity index (χ3v) is 6.04. The number of aromatic nitrogens is 2. The van der Waals surface area contributed by atoms with E-state index in [1.54, 1.807) is 29.9 Å². The number of benzene rings is 1. The first-order valence-corrected chi connectivity index (χ1v) is 11.2. The van der Waals surface area contributed by atoms with Gasteiger partial charge >= 0.3 is 0 Å². The summed E-state index contributed by atoms with van der Waals surface area (Å²) >= 11 is 0. The van der Waals surface area contributed by atoms with Crippen molar-refractivity contribution in [1.29, 1.82) is 0 Å². The Bertz CT molecular complexity index is 966. The van der Waals surface area contributed by atoms with Crippen molar-refractivity contribution in [2.45, 2.75) is 38.3 Å². The van der Waals surface area contributed by atoms with Crippen molar-refractivity contribution >= 4 is 17.6 Å².